The maximum atomic E-state index is 13.5. The predicted octanol–water partition coefficient (Wildman–Crippen LogP) is 3.56. The molecule has 35 heavy (non-hydrogen) atoms. The molecule has 4 N–H and O–H groups in total. The number of nitrogens with zero attached hydrogens (tertiary/aromatic N) is 1. The van der Waals surface area contributed by atoms with Crippen LogP contribution in [0.5, 0.6) is 0 Å². The Hall–Kier alpha value is -2.42. The van der Waals surface area contributed by atoms with Gasteiger partial charge in [-0.3, -0.25) is 30.0 Å². The number of carbonyl (C=O) groups excluding carboxylic acids is 3. The highest BCUT2D eigenvalue weighted by Crippen LogP contribution is 2.26. The second-order valence-electron chi connectivity index (χ2n) is 9.84. The van der Waals surface area contributed by atoms with Gasteiger partial charge in [-0.2, -0.15) is 0 Å². The van der Waals surface area contributed by atoms with Crippen LogP contribution < -0.4 is 16.2 Å². The highest BCUT2D eigenvalue weighted by Gasteiger charge is 2.36. The predicted molar refractivity (Wildman–Crippen MR) is 139 cm³/mol. The van der Waals surface area contributed by atoms with Gasteiger partial charge in [-0.15, -0.1) is 12.4 Å². The van der Waals surface area contributed by atoms with Crippen molar-refractivity contribution in [2.45, 2.75) is 59.4 Å². The molecule has 1 aromatic carbocycles. The molecule has 1 fully saturated rings. The van der Waals surface area contributed by atoms with Gasteiger partial charge in [0.1, 0.15) is 0 Å². The summed E-state index contributed by atoms with van der Waals surface area (Å²) >= 11 is 0. The summed E-state index contributed by atoms with van der Waals surface area (Å²) in [6.07, 6.45) is 6.10. The quantitative estimate of drug-likeness (QED) is 0.270. The minimum absolute atomic E-state index is 0. The van der Waals surface area contributed by atoms with Crippen LogP contribution in [0, 0.1) is 23.7 Å². The maximum absolute atomic E-state index is 13.5. The van der Waals surface area contributed by atoms with Crippen molar-refractivity contribution in [3.63, 3.8) is 0 Å². The lowest BCUT2D eigenvalue weighted by Crippen LogP contribution is -2.56. The first-order chi connectivity index (χ1) is 16.2. The normalized spacial score (nSPS) is 17.2. The highest BCUT2D eigenvalue weighted by atomic mass is 35.5. The zero-order valence-electron chi connectivity index (χ0n) is 21.2. The Kier molecular flexibility index (Phi) is 13.6. The van der Waals surface area contributed by atoms with Crippen LogP contribution in [0.3, 0.4) is 0 Å². The number of hydrogen-bond donors (Lipinski definition) is 4. The van der Waals surface area contributed by atoms with E-state index in [1.54, 1.807) is 5.48 Å². The van der Waals surface area contributed by atoms with Gasteiger partial charge < -0.3 is 5.32 Å². The summed E-state index contributed by atoms with van der Waals surface area (Å²) in [5.41, 5.74) is 5.53. The Morgan fingerprint density at radius 1 is 1.09 bits per heavy atom. The van der Waals surface area contributed by atoms with Gasteiger partial charge in [-0.1, -0.05) is 70.2 Å². The Bertz CT molecular complexity index is 826. The zero-order chi connectivity index (χ0) is 25.1. The Balaban J connectivity index is 0.00000612. The molecule has 2 rings (SSSR count). The Morgan fingerprint density at radius 2 is 1.77 bits per heavy atom. The fourth-order valence-corrected chi connectivity index (χ4v) is 4.27. The van der Waals surface area contributed by atoms with Crippen LogP contribution in [0.25, 0.3) is 6.08 Å². The van der Waals surface area contributed by atoms with Gasteiger partial charge in [0, 0.05) is 6.54 Å². The number of halogens is 1. The van der Waals surface area contributed by atoms with Crippen LogP contribution in [0.2, 0.25) is 0 Å². The van der Waals surface area contributed by atoms with Gasteiger partial charge in [-0.25, -0.2) is 5.48 Å². The van der Waals surface area contributed by atoms with Crippen LogP contribution in [0.1, 0.15) is 58.9 Å². The number of nitrogens with one attached hydrogen (secondary N) is 3. The highest BCUT2D eigenvalue weighted by molar-refractivity contribution is 5.90. The molecule has 3 amide bonds. The molecule has 9 heteroatoms. The molecule has 3 atom stereocenters. The van der Waals surface area contributed by atoms with E-state index in [1.807, 2.05) is 70.2 Å². The van der Waals surface area contributed by atoms with Crippen LogP contribution >= 0.6 is 12.4 Å². The summed E-state index contributed by atoms with van der Waals surface area (Å²) in [5.74, 6) is -2.37. The van der Waals surface area contributed by atoms with Crippen molar-refractivity contribution in [3.8, 4) is 0 Å². The molecular formula is C26H41ClN4O4. The lowest BCUT2D eigenvalue weighted by atomic mass is 9.82. The zero-order valence-corrected chi connectivity index (χ0v) is 22.0. The van der Waals surface area contributed by atoms with Gasteiger partial charge in [0.15, 0.2) is 0 Å². The molecule has 1 aliphatic heterocycles. The number of rotatable bonds is 11. The Morgan fingerprint density at radius 3 is 2.31 bits per heavy atom. The third-order valence-corrected chi connectivity index (χ3v) is 5.91. The summed E-state index contributed by atoms with van der Waals surface area (Å²) in [4.78, 5) is 39.2. The van der Waals surface area contributed by atoms with Crippen LogP contribution in [0.4, 0.5) is 0 Å². The number of amides is 3. The van der Waals surface area contributed by atoms with Gasteiger partial charge in [0.2, 0.25) is 11.8 Å². The molecule has 0 aromatic heterocycles. The Labute approximate surface area is 215 Å². The summed E-state index contributed by atoms with van der Waals surface area (Å²) in [7, 11) is 0. The first-order valence-corrected chi connectivity index (χ1v) is 12.2. The average molecular weight is 509 g/mol. The molecule has 0 bridgehead atoms. The molecule has 0 saturated carbocycles. The summed E-state index contributed by atoms with van der Waals surface area (Å²) in [6, 6.07) is 9.35. The number of carbonyl (C=O) groups is 3. The van der Waals surface area contributed by atoms with E-state index in [1.165, 1.54) is 5.01 Å². The minimum atomic E-state index is -0.784. The van der Waals surface area contributed by atoms with Gasteiger partial charge in [0.05, 0.1) is 17.9 Å². The SMILES string of the molecule is CC(C)C[C@@H](C(=O)NN(CC(C)C)C(=O)[C@@H]1CCCN1)[C@H](CC=Cc1ccccc1)C(=O)NO.Cl. The van der Waals surface area contributed by atoms with Gasteiger partial charge in [0.25, 0.3) is 5.91 Å². The lowest BCUT2D eigenvalue weighted by molar-refractivity contribution is -0.148. The van der Waals surface area contributed by atoms with E-state index in [9.17, 15) is 19.6 Å². The fourth-order valence-electron chi connectivity index (χ4n) is 4.27. The molecule has 0 spiro atoms. The van der Waals surface area contributed by atoms with E-state index in [2.05, 4.69) is 10.7 Å². The fraction of sp³-hybridized carbons (Fsp3) is 0.577. The van der Waals surface area contributed by atoms with Crippen molar-refractivity contribution in [2.75, 3.05) is 13.1 Å². The molecular weight excluding hydrogens is 468 g/mol. The third-order valence-electron chi connectivity index (χ3n) is 5.91. The van der Waals surface area contributed by atoms with E-state index in [4.69, 9.17) is 0 Å². The molecule has 0 aliphatic carbocycles. The number of hydrazine groups is 1. The summed E-state index contributed by atoms with van der Waals surface area (Å²) in [6.45, 7) is 9.08. The molecule has 196 valence electrons. The van der Waals surface area contributed by atoms with Crippen molar-refractivity contribution in [2.24, 2.45) is 23.7 Å². The van der Waals surface area contributed by atoms with Crippen LogP contribution in [-0.2, 0) is 14.4 Å². The van der Waals surface area contributed by atoms with Gasteiger partial charge >= 0.3 is 0 Å². The molecule has 0 unspecified atom stereocenters. The molecule has 1 saturated heterocycles. The monoisotopic (exact) mass is 508 g/mol. The van der Waals surface area contributed by atoms with Crippen molar-refractivity contribution in [1.82, 2.24) is 21.2 Å². The molecule has 1 aromatic rings. The molecule has 1 heterocycles. The van der Waals surface area contributed by atoms with E-state index in [-0.39, 0.29) is 48.5 Å². The lowest BCUT2D eigenvalue weighted by Gasteiger charge is -2.31. The number of benzene rings is 1. The van der Waals surface area contributed by atoms with Crippen LogP contribution in [0.15, 0.2) is 36.4 Å². The first kappa shape index (κ1) is 30.6. The van der Waals surface area contributed by atoms with Crippen molar-refractivity contribution < 1.29 is 19.6 Å². The molecule has 0 radical (unpaired) electrons. The smallest absolute Gasteiger partial charge is 0.258 e. The summed E-state index contributed by atoms with van der Waals surface area (Å²) in [5, 5.41) is 14.0. The number of allylic oxidation sites excluding steroid dienone is 1. The second-order valence-corrected chi connectivity index (χ2v) is 9.84. The first-order valence-electron chi connectivity index (χ1n) is 12.2. The van der Waals surface area contributed by atoms with Gasteiger partial charge in [-0.05, 0) is 49.6 Å². The summed E-state index contributed by atoms with van der Waals surface area (Å²) < 4.78 is 0. The van der Waals surface area contributed by atoms with E-state index in [0.717, 1.165) is 24.9 Å². The third kappa shape index (κ3) is 9.99. The standard InChI is InChI=1S/C26H40N4O4.ClH/c1-18(2)16-22(21(25(32)29-34)13-8-12-20-10-6-5-7-11-20)24(31)28-30(17-19(3)4)26(33)23-14-9-15-27-23;/h5-8,10-12,18-19,21-23,27,34H,9,13-17H2,1-4H3,(H,28,31)(H,29,32);1H/t21-,22+,23-;/m0./s1. The number of hydroxylamine groups is 1. The van der Waals surface area contributed by atoms with Crippen LogP contribution in [-0.4, -0.2) is 47.1 Å². The topological polar surface area (TPSA) is 111 Å². The number of hydrogen-bond acceptors (Lipinski definition) is 5. The van der Waals surface area contributed by atoms with E-state index in [0.29, 0.717) is 13.0 Å². The van der Waals surface area contributed by atoms with Crippen molar-refractivity contribution in [1.29, 1.82) is 0 Å². The average Bonchev–Trinajstić information content (AvgIpc) is 3.34. The maximum Gasteiger partial charge on any atom is 0.258 e. The molecule has 8 nitrogen and oxygen atoms in total. The van der Waals surface area contributed by atoms with Crippen molar-refractivity contribution in [3.05, 3.63) is 42.0 Å². The molecule has 1 aliphatic rings. The minimum Gasteiger partial charge on any atom is -0.306 e. The van der Waals surface area contributed by atoms with Crippen molar-refractivity contribution >= 4 is 36.2 Å². The second kappa shape index (κ2) is 15.5. The van der Waals surface area contributed by atoms with E-state index >= 15 is 0 Å². The largest absolute Gasteiger partial charge is 0.306 e. The van der Waals surface area contributed by atoms with E-state index < -0.39 is 17.7 Å².